The van der Waals surface area contributed by atoms with Gasteiger partial charge in [-0.1, -0.05) is 37.6 Å². The average molecular weight is 494 g/mol. The molecule has 0 fully saturated rings. The van der Waals surface area contributed by atoms with Gasteiger partial charge in [-0.15, -0.1) is 0 Å². The maximum absolute atomic E-state index is 14.4. The Bertz CT molecular complexity index is 1090. The minimum absolute atomic E-state index is 0.0350. The van der Waals surface area contributed by atoms with Crippen LogP contribution in [0.4, 0.5) is 10.1 Å². The molecule has 1 atom stereocenters. The lowest BCUT2D eigenvalue weighted by Crippen LogP contribution is -2.51. The number of hydrogen-bond acceptors (Lipinski definition) is 5. The molecule has 2 rings (SSSR count). The van der Waals surface area contributed by atoms with Crippen LogP contribution in [-0.4, -0.2) is 57.6 Å². The van der Waals surface area contributed by atoms with E-state index in [1.807, 2.05) is 6.92 Å². The van der Waals surface area contributed by atoms with Crippen LogP contribution in [0, 0.1) is 5.82 Å². The molecule has 10 heteroatoms. The molecule has 8 nitrogen and oxygen atoms in total. The molecular weight excluding hydrogens is 461 g/mol. The highest BCUT2D eigenvalue weighted by molar-refractivity contribution is 7.92. The Morgan fingerprint density at radius 2 is 1.85 bits per heavy atom. The van der Waals surface area contributed by atoms with E-state index >= 15 is 0 Å². The highest BCUT2D eigenvalue weighted by atomic mass is 32.2. The number of benzene rings is 2. The minimum Gasteiger partial charge on any atom is -0.497 e. The molecule has 2 aromatic carbocycles. The van der Waals surface area contributed by atoms with Gasteiger partial charge in [0.2, 0.25) is 21.8 Å². The number of hydrogen-bond donors (Lipinski definition) is 1. The van der Waals surface area contributed by atoms with E-state index in [2.05, 4.69) is 5.32 Å². The lowest BCUT2D eigenvalue weighted by Gasteiger charge is -2.31. The van der Waals surface area contributed by atoms with Crippen LogP contribution >= 0.6 is 0 Å². The molecule has 0 aromatic heterocycles. The van der Waals surface area contributed by atoms with Gasteiger partial charge in [0, 0.05) is 13.1 Å². The Hall–Kier alpha value is -3.14. The summed E-state index contributed by atoms with van der Waals surface area (Å²) >= 11 is 0. The summed E-state index contributed by atoms with van der Waals surface area (Å²) in [6, 6.07) is 11.4. The Balaban J connectivity index is 2.37. The summed E-state index contributed by atoms with van der Waals surface area (Å²) in [6.07, 6.45) is 2.59. The van der Waals surface area contributed by atoms with E-state index in [-0.39, 0.29) is 18.1 Å². The number of sulfonamides is 1. The van der Waals surface area contributed by atoms with Crippen molar-refractivity contribution in [2.45, 2.75) is 39.3 Å². The van der Waals surface area contributed by atoms with Gasteiger partial charge in [0.05, 0.1) is 19.1 Å². The van der Waals surface area contributed by atoms with Crippen LogP contribution in [0.5, 0.6) is 5.75 Å². The summed E-state index contributed by atoms with van der Waals surface area (Å²) in [4.78, 5) is 27.5. The van der Waals surface area contributed by atoms with Crippen molar-refractivity contribution in [3.8, 4) is 5.75 Å². The van der Waals surface area contributed by atoms with E-state index in [4.69, 9.17) is 4.74 Å². The second kappa shape index (κ2) is 12.4. The van der Waals surface area contributed by atoms with Gasteiger partial charge >= 0.3 is 0 Å². The third-order valence-corrected chi connectivity index (χ3v) is 6.41. The Morgan fingerprint density at radius 3 is 2.47 bits per heavy atom. The molecule has 2 aromatic rings. The largest absolute Gasteiger partial charge is 0.497 e. The summed E-state index contributed by atoms with van der Waals surface area (Å²) in [5.41, 5.74) is 0.456. The quantitative estimate of drug-likeness (QED) is 0.459. The maximum Gasteiger partial charge on any atom is 0.244 e. The van der Waals surface area contributed by atoms with Crippen LogP contribution in [-0.2, 0) is 26.2 Å². The summed E-state index contributed by atoms with van der Waals surface area (Å²) < 4.78 is 45.3. The summed E-state index contributed by atoms with van der Waals surface area (Å²) in [5.74, 6) is -1.20. The zero-order valence-corrected chi connectivity index (χ0v) is 20.8. The molecule has 0 bridgehead atoms. The third-order valence-electron chi connectivity index (χ3n) is 5.28. The van der Waals surface area contributed by atoms with Crippen LogP contribution in [0.3, 0.4) is 0 Å². The molecule has 186 valence electrons. The molecule has 0 saturated carbocycles. The number of rotatable bonds is 12. The number of amides is 2. The van der Waals surface area contributed by atoms with Gasteiger partial charge in [-0.25, -0.2) is 12.8 Å². The lowest BCUT2D eigenvalue weighted by atomic mass is 10.1. The van der Waals surface area contributed by atoms with E-state index in [0.29, 0.717) is 22.2 Å². The van der Waals surface area contributed by atoms with Gasteiger partial charge < -0.3 is 15.0 Å². The SMILES string of the molecule is CCCCNC(=O)[C@@H](C)N(Cc1cccc(OC)c1)C(=O)CN(c1ccccc1F)S(C)(=O)=O. The van der Waals surface area contributed by atoms with E-state index in [9.17, 15) is 22.4 Å². The molecule has 0 aliphatic heterocycles. The molecule has 0 spiro atoms. The molecule has 1 N–H and O–H groups in total. The summed E-state index contributed by atoms with van der Waals surface area (Å²) in [5, 5.41) is 2.80. The zero-order chi connectivity index (χ0) is 25.3. The van der Waals surface area contributed by atoms with Crippen LogP contribution in [0.2, 0.25) is 0 Å². The molecule has 0 heterocycles. The van der Waals surface area contributed by atoms with Crippen LogP contribution in [0.1, 0.15) is 32.3 Å². The summed E-state index contributed by atoms with van der Waals surface area (Å²) in [6.45, 7) is 3.42. The number of carbonyl (C=O) groups is 2. The number of anilines is 1. The topological polar surface area (TPSA) is 96.0 Å². The van der Waals surface area contributed by atoms with Crippen molar-refractivity contribution in [1.29, 1.82) is 0 Å². The number of halogens is 1. The first-order valence-electron chi connectivity index (χ1n) is 11.0. The van der Waals surface area contributed by atoms with Crippen LogP contribution in [0.15, 0.2) is 48.5 Å². The first-order valence-corrected chi connectivity index (χ1v) is 12.9. The van der Waals surface area contributed by atoms with Gasteiger partial charge in [0.15, 0.2) is 0 Å². The number of carbonyl (C=O) groups excluding carboxylic acids is 2. The zero-order valence-electron chi connectivity index (χ0n) is 20.0. The van der Waals surface area contributed by atoms with E-state index < -0.39 is 34.3 Å². The van der Waals surface area contributed by atoms with Gasteiger partial charge in [-0.05, 0) is 43.2 Å². The molecule has 0 radical (unpaired) electrons. The van der Waals surface area contributed by atoms with Crippen molar-refractivity contribution in [2.75, 3.05) is 30.8 Å². The molecule has 0 aliphatic rings. The van der Waals surface area contributed by atoms with Gasteiger partial charge in [-0.3, -0.25) is 13.9 Å². The predicted octanol–water partition coefficient (Wildman–Crippen LogP) is 2.93. The Labute approximate surface area is 200 Å². The average Bonchev–Trinajstić information content (AvgIpc) is 2.80. The number of methoxy groups -OCH3 is 1. The third kappa shape index (κ3) is 7.44. The van der Waals surface area contributed by atoms with Crippen molar-refractivity contribution >= 4 is 27.5 Å². The molecular formula is C24H32FN3O5S. The predicted molar refractivity (Wildman–Crippen MR) is 130 cm³/mol. The van der Waals surface area contributed by atoms with E-state index in [0.717, 1.165) is 25.2 Å². The first-order chi connectivity index (χ1) is 16.1. The standard InChI is InChI=1S/C24H32FN3O5S/c1-5-6-14-26-24(30)18(2)27(16-19-10-9-11-20(15-19)33-3)23(29)17-28(34(4,31)32)22-13-8-7-12-21(22)25/h7-13,15,18H,5-6,14,16-17H2,1-4H3,(H,26,30)/t18-/m1/s1. The highest BCUT2D eigenvalue weighted by Crippen LogP contribution is 2.22. The van der Waals surface area contributed by atoms with Crippen molar-refractivity contribution in [3.63, 3.8) is 0 Å². The second-order valence-electron chi connectivity index (χ2n) is 7.91. The molecule has 0 unspecified atom stereocenters. The monoisotopic (exact) mass is 493 g/mol. The Morgan fingerprint density at radius 1 is 1.15 bits per heavy atom. The van der Waals surface area contributed by atoms with Crippen molar-refractivity contribution in [2.24, 2.45) is 0 Å². The minimum atomic E-state index is -3.99. The first kappa shape index (κ1) is 27.1. The fourth-order valence-electron chi connectivity index (χ4n) is 3.33. The number of ether oxygens (including phenoxy) is 1. The van der Waals surface area contributed by atoms with Gasteiger partial charge in [-0.2, -0.15) is 0 Å². The number of para-hydroxylation sites is 1. The lowest BCUT2D eigenvalue weighted by molar-refractivity contribution is -0.139. The second-order valence-corrected chi connectivity index (χ2v) is 9.82. The number of unbranched alkanes of at least 4 members (excludes halogenated alkanes) is 1. The van der Waals surface area contributed by atoms with Crippen molar-refractivity contribution < 1.29 is 27.1 Å². The van der Waals surface area contributed by atoms with Crippen LogP contribution < -0.4 is 14.4 Å². The number of nitrogens with zero attached hydrogens (tertiary/aromatic N) is 2. The van der Waals surface area contributed by atoms with Crippen LogP contribution in [0.25, 0.3) is 0 Å². The maximum atomic E-state index is 14.4. The van der Waals surface area contributed by atoms with E-state index in [1.165, 1.54) is 30.2 Å². The van der Waals surface area contributed by atoms with Gasteiger partial charge in [0.1, 0.15) is 24.2 Å². The smallest absolute Gasteiger partial charge is 0.244 e. The fraction of sp³-hybridized carbons (Fsp3) is 0.417. The van der Waals surface area contributed by atoms with E-state index in [1.54, 1.807) is 31.2 Å². The molecule has 2 amide bonds. The Kier molecular flexibility index (Phi) is 9.85. The summed E-state index contributed by atoms with van der Waals surface area (Å²) in [7, 11) is -2.47. The number of nitrogens with one attached hydrogen (secondary N) is 1. The van der Waals surface area contributed by atoms with Crippen molar-refractivity contribution in [3.05, 3.63) is 59.9 Å². The van der Waals surface area contributed by atoms with Gasteiger partial charge in [0.25, 0.3) is 0 Å². The highest BCUT2D eigenvalue weighted by Gasteiger charge is 2.30. The normalized spacial score (nSPS) is 12.0. The fourth-order valence-corrected chi connectivity index (χ4v) is 4.19. The van der Waals surface area contributed by atoms with Crippen molar-refractivity contribution in [1.82, 2.24) is 10.2 Å². The molecule has 34 heavy (non-hydrogen) atoms. The molecule has 0 saturated heterocycles. The molecule has 0 aliphatic carbocycles.